The van der Waals surface area contributed by atoms with Gasteiger partial charge in [0, 0.05) is 30.0 Å². The van der Waals surface area contributed by atoms with E-state index in [4.69, 9.17) is 16.3 Å². The lowest BCUT2D eigenvalue weighted by Crippen LogP contribution is -2.05. The Hall–Kier alpha value is -2.86. The Kier molecular flexibility index (Phi) is 5.30. The number of benzene rings is 1. The van der Waals surface area contributed by atoms with Crippen molar-refractivity contribution in [3.63, 3.8) is 0 Å². The Morgan fingerprint density at radius 1 is 1.04 bits per heavy atom. The van der Waals surface area contributed by atoms with Crippen LogP contribution in [0.5, 0.6) is 5.75 Å². The van der Waals surface area contributed by atoms with Gasteiger partial charge in [-0.2, -0.15) is 0 Å². The predicted octanol–water partition coefficient (Wildman–Crippen LogP) is 4.20. The molecule has 0 radical (unpaired) electrons. The molecule has 0 aliphatic heterocycles. The topological polar surface area (TPSA) is 72.0 Å². The van der Waals surface area contributed by atoms with Crippen molar-refractivity contribution in [1.29, 1.82) is 0 Å². The van der Waals surface area contributed by atoms with Gasteiger partial charge in [-0.3, -0.25) is 4.98 Å². The van der Waals surface area contributed by atoms with E-state index in [9.17, 15) is 0 Å². The maximum Gasteiger partial charge on any atom is 0.142 e. The molecule has 2 N–H and O–H groups in total. The second-order valence-electron chi connectivity index (χ2n) is 5.36. The number of nitrogens with zero attached hydrogens (tertiary/aromatic N) is 3. The molecule has 128 valence electrons. The molecule has 6 nitrogen and oxygen atoms in total. The number of hydrogen-bond donors (Lipinski definition) is 2. The van der Waals surface area contributed by atoms with Gasteiger partial charge in [-0.05, 0) is 42.8 Å². The van der Waals surface area contributed by atoms with Crippen molar-refractivity contribution in [3.8, 4) is 5.75 Å². The van der Waals surface area contributed by atoms with E-state index < -0.39 is 0 Å². The first-order valence-electron chi connectivity index (χ1n) is 7.73. The van der Waals surface area contributed by atoms with E-state index in [0.717, 1.165) is 17.1 Å². The van der Waals surface area contributed by atoms with Gasteiger partial charge in [-0.1, -0.05) is 11.6 Å². The van der Waals surface area contributed by atoms with Crippen LogP contribution in [-0.2, 0) is 6.54 Å². The van der Waals surface area contributed by atoms with Gasteiger partial charge in [-0.15, -0.1) is 0 Å². The number of aromatic nitrogens is 3. The molecule has 0 aliphatic rings. The molecule has 2 heterocycles. The van der Waals surface area contributed by atoms with Crippen LogP contribution in [-0.4, -0.2) is 22.1 Å². The first-order chi connectivity index (χ1) is 12.1. The largest absolute Gasteiger partial charge is 0.495 e. The highest BCUT2D eigenvalue weighted by Gasteiger charge is 2.07. The molecule has 3 aromatic rings. The lowest BCUT2D eigenvalue weighted by atomic mass is 10.2. The summed E-state index contributed by atoms with van der Waals surface area (Å²) in [6.45, 7) is 2.50. The van der Waals surface area contributed by atoms with E-state index >= 15 is 0 Å². The van der Waals surface area contributed by atoms with Crippen molar-refractivity contribution >= 4 is 28.9 Å². The smallest absolute Gasteiger partial charge is 0.142 e. The average Bonchev–Trinajstić information content (AvgIpc) is 2.61. The summed E-state index contributed by atoms with van der Waals surface area (Å²) in [5.74, 6) is 2.73. The predicted molar refractivity (Wildman–Crippen MR) is 99.6 cm³/mol. The molecule has 0 atom stereocenters. The van der Waals surface area contributed by atoms with Crippen LogP contribution in [0.25, 0.3) is 0 Å². The number of hydrogen-bond acceptors (Lipinski definition) is 6. The van der Waals surface area contributed by atoms with Crippen molar-refractivity contribution in [1.82, 2.24) is 15.0 Å². The Balaban J connectivity index is 1.79. The van der Waals surface area contributed by atoms with Gasteiger partial charge in [0.05, 0.1) is 12.8 Å². The number of nitrogens with one attached hydrogen (secondary N) is 2. The van der Waals surface area contributed by atoms with Crippen LogP contribution < -0.4 is 15.4 Å². The van der Waals surface area contributed by atoms with E-state index in [-0.39, 0.29) is 0 Å². The van der Waals surface area contributed by atoms with Crippen molar-refractivity contribution < 1.29 is 4.74 Å². The highest BCUT2D eigenvalue weighted by atomic mass is 35.5. The molecule has 0 spiro atoms. The molecule has 25 heavy (non-hydrogen) atoms. The molecule has 7 heteroatoms. The maximum absolute atomic E-state index is 6.07. The summed E-state index contributed by atoms with van der Waals surface area (Å²) in [5, 5.41) is 7.14. The average molecular weight is 356 g/mol. The van der Waals surface area contributed by atoms with Crippen molar-refractivity contribution in [2.45, 2.75) is 13.5 Å². The van der Waals surface area contributed by atoms with E-state index in [1.165, 1.54) is 0 Å². The molecular weight excluding hydrogens is 338 g/mol. The maximum atomic E-state index is 6.07. The quantitative estimate of drug-likeness (QED) is 0.690. The summed E-state index contributed by atoms with van der Waals surface area (Å²) in [7, 11) is 1.61. The standard InChI is InChI=1S/C18H18ClN5O/c1-12-22-17(21-11-13-5-7-20-8-6-13)10-18(23-12)24-15-9-14(19)3-4-16(15)25-2/h3-10H,11H2,1-2H3,(H2,21,22,23,24). The fourth-order valence-corrected chi connectivity index (χ4v) is 2.50. The second kappa shape index (κ2) is 7.81. The zero-order valence-electron chi connectivity index (χ0n) is 14.0. The molecule has 3 rings (SSSR count). The van der Waals surface area contributed by atoms with Gasteiger partial charge in [0.2, 0.25) is 0 Å². The number of methoxy groups -OCH3 is 1. The Labute approximate surface area is 151 Å². The normalized spacial score (nSPS) is 10.4. The third-order valence-corrected chi connectivity index (χ3v) is 3.72. The van der Waals surface area contributed by atoms with Crippen LogP contribution in [0.4, 0.5) is 17.3 Å². The van der Waals surface area contributed by atoms with Crippen LogP contribution in [0, 0.1) is 6.92 Å². The highest BCUT2D eigenvalue weighted by molar-refractivity contribution is 6.31. The third-order valence-electron chi connectivity index (χ3n) is 3.49. The zero-order valence-corrected chi connectivity index (χ0v) is 14.7. The summed E-state index contributed by atoms with van der Waals surface area (Å²) in [6.07, 6.45) is 3.53. The fraction of sp³-hybridized carbons (Fsp3) is 0.167. The Morgan fingerprint density at radius 3 is 2.56 bits per heavy atom. The summed E-state index contributed by atoms with van der Waals surface area (Å²) in [5.41, 5.74) is 1.87. The number of aryl methyl sites for hydroxylation is 1. The number of pyridine rings is 1. The fourth-order valence-electron chi connectivity index (χ4n) is 2.33. The molecule has 2 aromatic heterocycles. The van der Waals surface area contributed by atoms with Crippen LogP contribution in [0.1, 0.15) is 11.4 Å². The second-order valence-corrected chi connectivity index (χ2v) is 5.80. The van der Waals surface area contributed by atoms with Gasteiger partial charge in [0.15, 0.2) is 0 Å². The molecule has 1 aromatic carbocycles. The SMILES string of the molecule is COc1ccc(Cl)cc1Nc1cc(NCc2ccncc2)nc(C)n1. The summed E-state index contributed by atoms with van der Waals surface area (Å²) < 4.78 is 5.35. The summed E-state index contributed by atoms with van der Waals surface area (Å²) >= 11 is 6.07. The zero-order chi connectivity index (χ0) is 17.6. The molecule has 0 aliphatic carbocycles. The highest BCUT2D eigenvalue weighted by Crippen LogP contribution is 2.30. The van der Waals surface area contributed by atoms with Gasteiger partial charge in [0.25, 0.3) is 0 Å². The van der Waals surface area contributed by atoms with Crippen LogP contribution in [0.2, 0.25) is 5.02 Å². The molecular formula is C18H18ClN5O. The molecule has 0 amide bonds. The minimum absolute atomic E-state index is 0.616. The van der Waals surface area contributed by atoms with Crippen molar-refractivity contribution in [3.05, 3.63) is 65.2 Å². The summed E-state index contributed by atoms with van der Waals surface area (Å²) in [6, 6.07) is 11.1. The van der Waals surface area contributed by atoms with E-state index in [1.807, 2.05) is 25.1 Å². The van der Waals surface area contributed by atoms with Crippen LogP contribution in [0.3, 0.4) is 0 Å². The number of ether oxygens (including phenoxy) is 1. The lowest BCUT2D eigenvalue weighted by molar-refractivity contribution is 0.417. The molecule has 0 fully saturated rings. The summed E-state index contributed by atoms with van der Waals surface area (Å²) in [4.78, 5) is 12.8. The minimum atomic E-state index is 0.616. The van der Waals surface area contributed by atoms with Gasteiger partial charge in [0.1, 0.15) is 23.2 Å². The molecule has 0 saturated carbocycles. The van der Waals surface area contributed by atoms with Crippen molar-refractivity contribution in [2.24, 2.45) is 0 Å². The molecule has 0 bridgehead atoms. The van der Waals surface area contributed by atoms with Crippen LogP contribution in [0.15, 0.2) is 48.8 Å². The molecule has 0 saturated heterocycles. The minimum Gasteiger partial charge on any atom is -0.495 e. The number of anilines is 3. The van der Waals surface area contributed by atoms with Gasteiger partial charge < -0.3 is 15.4 Å². The van der Waals surface area contributed by atoms with E-state index in [2.05, 4.69) is 25.6 Å². The first-order valence-corrected chi connectivity index (χ1v) is 8.11. The van der Waals surface area contributed by atoms with Gasteiger partial charge >= 0.3 is 0 Å². The Bertz CT molecular complexity index is 857. The van der Waals surface area contributed by atoms with Gasteiger partial charge in [-0.25, -0.2) is 9.97 Å². The third kappa shape index (κ3) is 4.58. The van der Waals surface area contributed by atoms with Crippen LogP contribution >= 0.6 is 11.6 Å². The monoisotopic (exact) mass is 355 g/mol. The first kappa shape index (κ1) is 17.0. The van der Waals surface area contributed by atoms with E-state index in [0.29, 0.717) is 29.0 Å². The number of rotatable bonds is 6. The molecule has 0 unspecified atom stereocenters. The van der Waals surface area contributed by atoms with Crippen molar-refractivity contribution in [2.75, 3.05) is 17.7 Å². The lowest BCUT2D eigenvalue weighted by Gasteiger charge is -2.13. The van der Waals surface area contributed by atoms with E-state index in [1.54, 1.807) is 37.7 Å². The number of halogens is 1. The Morgan fingerprint density at radius 2 is 1.80 bits per heavy atom.